The first-order valence-electron chi connectivity index (χ1n) is 3.72. The van der Waals surface area contributed by atoms with Crippen LogP contribution in [0.3, 0.4) is 0 Å². The molecule has 13 heavy (non-hydrogen) atoms. The van der Waals surface area contributed by atoms with E-state index in [0.717, 1.165) is 12.2 Å². The summed E-state index contributed by atoms with van der Waals surface area (Å²) >= 11 is 0. The maximum absolute atomic E-state index is 10.7. The van der Waals surface area contributed by atoms with Crippen LogP contribution in [-0.2, 0) is 14.3 Å². The molecule has 72 valence electrons. The van der Waals surface area contributed by atoms with Gasteiger partial charge < -0.3 is 14.6 Å². The van der Waals surface area contributed by atoms with Gasteiger partial charge in [0, 0.05) is 12.2 Å². The molecule has 5 heteroatoms. The number of esters is 1. The first-order chi connectivity index (χ1) is 6.31. The fraction of sp³-hybridized carbons (Fsp3) is 0.500. The third-order valence-electron chi connectivity index (χ3n) is 1.00. The number of carbonyl (C=O) groups is 1. The predicted molar refractivity (Wildman–Crippen MR) is 43.6 cm³/mol. The number of rotatable bonds is 6. The number of aliphatic hydroxyl groups is 1. The molecule has 0 bridgehead atoms. The minimum Gasteiger partial charge on any atom is -0.460 e. The lowest BCUT2D eigenvalue weighted by molar-refractivity contribution is -0.139. The van der Waals surface area contributed by atoms with Gasteiger partial charge in [0.05, 0.1) is 25.9 Å². The Morgan fingerprint density at radius 2 is 2.23 bits per heavy atom. The van der Waals surface area contributed by atoms with Gasteiger partial charge in [0.1, 0.15) is 6.61 Å². The number of aliphatic hydroxyl groups excluding tert-OH is 1. The monoisotopic (exact) mass is 185 g/mol. The molecule has 0 aliphatic heterocycles. The highest BCUT2D eigenvalue weighted by molar-refractivity contribution is 5.82. The lowest BCUT2D eigenvalue weighted by atomic mass is 10.5. The van der Waals surface area contributed by atoms with Crippen molar-refractivity contribution in [3.05, 3.63) is 12.2 Å². The zero-order chi connectivity index (χ0) is 9.94. The van der Waals surface area contributed by atoms with E-state index in [-0.39, 0.29) is 26.4 Å². The van der Waals surface area contributed by atoms with Crippen LogP contribution in [0, 0.1) is 11.3 Å². The normalized spacial score (nSPS) is 9.85. The molecule has 0 spiro atoms. The second kappa shape index (κ2) is 8.71. The van der Waals surface area contributed by atoms with Gasteiger partial charge in [0.2, 0.25) is 0 Å². The number of nitrogens with zero attached hydrogens (tertiary/aromatic N) is 1. The topological polar surface area (TPSA) is 79.6 Å². The second-order valence-corrected chi connectivity index (χ2v) is 1.97. The number of allylic oxidation sites excluding steroid dienone is 1. The SMILES string of the molecule is N#CC=CC(=O)OCCOCCO. The molecule has 0 heterocycles. The van der Waals surface area contributed by atoms with Gasteiger partial charge in [-0.1, -0.05) is 0 Å². The number of ether oxygens (including phenoxy) is 2. The summed E-state index contributed by atoms with van der Waals surface area (Å²) in [5.74, 6) is -0.575. The minimum absolute atomic E-state index is 0.0533. The van der Waals surface area contributed by atoms with Gasteiger partial charge in [0.25, 0.3) is 0 Å². The summed E-state index contributed by atoms with van der Waals surface area (Å²) in [5, 5.41) is 16.4. The molecular formula is C8H11NO4. The Labute approximate surface area is 76.2 Å². The Kier molecular flexibility index (Phi) is 7.79. The van der Waals surface area contributed by atoms with Gasteiger partial charge in [-0.15, -0.1) is 0 Å². The van der Waals surface area contributed by atoms with Gasteiger partial charge in [-0.25, -0.2) is 4.79 Å². The molecule has 0 saturated heterocycles. The first-order valence-corrected chi connectivity index (χ1v) is 3.72. The summed E-state index contributed by atoms with van der Waals surface area (Å²) in [7, 11) is 0. The number of nitriles is 1. The lowest BCUT2D eigenvalue weighted by Gasteiger charge is -2.01. The minimum atomic E-state index is -0.575. The van der Waals surface area contributed by atoms with Gasteiger partial charge in [0.15, 0.2) is 0 Å². The second-order valence-electron chi connectivity index (χ2n) is 1.97. The molecule has 0 radical (unpaired) electrons. The van der Waals surface area contributed by atoms with E-state index in [1.807, 2.05) is 0 Å². The fourth-order valence-corrected chi connectivity index (χ4v) is 0.521. The van der Waals surface area contributed by atoms with E-state index in [2.05, 4.69) is 4.74 Å². The van der Waals surface area contributed by atoms with E-state index < -0.39 is 5.97 Å². The summed E-state index contributed by atoms with van der Waals surface area (Å²) in [6.45, 7) is 0.537. The highest BCUT2D eigenvalue weighted by atomic mass is 16.6. The van der Waals surface area contributed by atoms with Crippen molar-refractivity contribution < 1.29 is 19.4 Å². The zero-order valence-electron chi connectivity index (χ0n) is 7.10. The van der Waals surface area contributed by atoms with Crippen molar-refractivity contribution in [3.8, 4) is 6.07 Å². The Bertz CT molecular complexity index is 207. The van der Waals surface area contributed by atoms with Crippen LogP contribution in [0.15, 0.2) is 12.2 Å². The van der Waals surface area contributed by atoms with E-state index in [9.17, 15) is 4.79 Å². The third-order valence-corrected chi connectivity index (χ3v) is 1.00. The van der Waals surface area contributed by atoms with Crippen molar-refractivity contribution in [3.63, 3.8) is 0 Å². The molecule has 0 aromatic heterocycles. The van der Waals surface area contributed by atoms with Crippen LogP contribution in [0.1, 0.15) is 0 Å². The predicted octanol–water partition coefficient (Wildman–Crippen LogP) is -0.382. The van der Waals surface area contributed by atoms with E-state index in [1.165, 1.54) is 0 Å². The molecule has 0 aromatic carbocycles. The molecule has 0 fully saturated rings. The Hall–Kier alpha value is -1.38. The zero-order valence-corrected chi connectivity index (χ0v) is 7.10. The van der Waals surface area contributed by atoms with E-state index in [1.54, 1.807) is 6.07 Å². The molecule has 1 N–H and O–H groups in total. The third kappa shape index (κ3) is 8.53. The van der Waals surface area contributed by atoms with Crippen molar-refractivity contribution in [2.75, 3.05) is 26.4 Å². The van der Waals surface area contributed by atoms with Crippen LogP contribution in [0.4, 0.5) is 0 Å². The summed E-state index contributed by atoms with van der Waals surface area (Å²) in [6, 6.07) is 1.66. The Balaban J connectivity index is 3.28. The van der Waals surface area contributed by atoms with Crippen LogP contribution in [0.5, 0.6) is 0 Å². The Morgan fingerprint density at radius 1 is 1.46 bits per heavy atom. The lowest BCUT2D eigenvalue weighted by Crippen LogP contribution is -2.10. The molecule has 0 aliphatic rings. The van der Waals surface area contributed by atoms with Crippen LogP contribution in [-0.4, -0.2) is 37.5 Å². The quantitative estimate of drug-likeness (QED) is 0.264. The van der Waals surface area contributed by atoms with Crippen LogP contribution in [0.25, 0.3) is 0 Å². The van der Waals surface area contributed by atoms with Gasteiger partial charge in [-0.2, -0.15) is 5.26 Å². The van der Waals surface area contributed by atoms with Crippen LogP contribution >= 0.6 is 0 Å². The van der Waals surface area contributed by atoms with Crippen molar-refractivity contribution in [1.82, 2.24) is 0 Å². The van der Waals surface area contributed by atoms with Gasteiger partial charge >= 0.3 is 5.97 Å². The van der Waals surface area contributed by atoms with Crippen molar-refractivity contribution in [2.45, 2.75) is 0 Å². The summed E-state index contributed by atoms with van der Waals surface area (Å²) in [6.07, 6.45) is 2.07. The first kappa shape index (κ1) is 11.6. The molecule has 0 saturated carbocycles. The van der Waals surface area contributed by atoms with Gasteiger partial charge in [-0.05, 0) is 0 Å². The van der Waals surface area contributed by atoms with E-state index in [4.69, 9.17) is 15.1 Å². The molecule has 0 unspecified atom stereocenters. The fourth-order valence-electron chi connectivity index (χ4n) is 0.521. The highest BCUT2D eigenvalue weighted by Gasteiger charge is 1.95. The number of hydrogen-bond acceptors (Lipinski definition) is 5. The standard InChI is InChI=1S/C8H11NO4/c9-3-1-2-8(11)13-7-6-12-5-4-10/h1-2,10H,4-7H2. The van der Waals surface area contributed by atoms with Crippen molar-refractivity contribution >= 4 is 5.97 Å². The highest BCUT2D eigenvalue weighted by Crippen LogP contribution is 1.82. The smallest absolute Gasteiger partial charge is 0.331 e. The molecule has 0 rings (SSSR count). The molecule has 0 atom stereocenters. The molecule has 5 nitrogen and oxygen atoms in total. The maximum Gasteiger partial charge on any atom is 0.331 e. The van der Waals surface area contributed by atoms with Crippen LogP contribution < -0.4 is 0 Å². The molecular weight excluding hydrogens is 174 g/mol. The number of carbonyl (C=O) groups excluding carboxylic acids is 1. The molecule has 0 aromatic rings. The van der Waals surface area contributed by atoms with Crippen molar-refractivity contribution in [2.24, 2.45) is 0 Å². The average molecular weight is 185 g/mol. The summed E-state index contributed by atoms with van der Waals surface area (Å²) < 4.78 is 9.43. The summed E-state index contributed by atoms with van der Waals surface area (Å²) in [5.41, 5.74) is 0. The molecule has 0 amide bonds. The number of hydrogen-bond donors (Lipinski definition) is 1. The average Bonchev–Trinajstić information content (AvgIpc) is 2.14. The van der Waals surface area contributed by atoms with Gasteiger partial charge in [-0.3, -0.25) is 0 Å². The summed E-state index contributed by atoms with van der Waals surface area (Å²) in [4.78, 5) is 10.7. The van der Waals surface area contributed by atoms with E-state index in [0.29, 0.717) is 0 Å². The Morgan fingerprint density at radius 3 is 2.85 bits per heavy atom. The largest absolute Gasteiger partial charge is 0.460 e. The van der Waals surface area contributed by atoms with Crippen molar-refractivity contribution in [1.29, 1.82) is 5.26 Å². The molecule has 0 aliphatic carbocycles. The van der Waals surface area contributed by atoms with E-state index >= 15 is 0 Å². The van der Waals surface area contributed by atoms with Crippen LogP contribution in [0.2, 0.25) is 0 Å². The maximum atomic E-state index is 10.7.